The maximum absolute atomic E-state index is 12.9. The molecule has 6 N–H and O–H groups in total. The van der Waals surface area contributed by atoms with Crippen molar-refractivity contribution in [1.29, 1.82) is 0 Å². The fraction of sp³-hybridized carbons (Fsp3) is 0.543. The summed E-state index contributed by atoms with van der Waals surface area (Å²) in [6.07, 6.45) is 17.2. The Bertz CT molecular complexity index is 1220. The maximum atomic E-state index is 12.9. The van der Waals surface area contributed by atoms with E-state index in [1.54, 1.807) is 61.8 Å². The number of aliphatic hydroxyl groups is 4. The second-order valence-corrected chi connectivity index (χ2v) is 12.0. The molecule has 0 aromatic rings. The summed E-state index contributed by atoms with van der Waals surface area (Å²) in [5.74, 6) is -4.61. The number of amides is 1. The monoisotopic (exact) mass is 645 g/mol. The summed E-state index contributed by atoms with van der Waals surface area (Å²) in [5, 5.41) is 54.3. The van der Waals surface area contributed by atoms with Crippen LogP contribution in [0.2, 0.25) is 0 Å². The minimum Gasteiger partial charge on any atom is -0.478 e. The van der Waals surface area contributed by atoms with Crippen molar-refractivity contribution in [2.24, 2.45) is 11.8 Å². The first-order valence-corrected chi connectivity index (χ1v) is 15.5. The van der Waals surface area contributed by atoms with E-state index in [1.807, 2.05) is 26.8 Å². The number of carboxylic acids is 1. The molecular weight excluding hydrogens is 594 g/mol. The van der Waals surface area contributed by atoms with Gasteiger partial charge in [-0.3, -0.25) is 4.79 Å². The lowest BCUT2D eigenvalue weighted by Crippen LogP contribution is -2.64. The largest absolute Gasteiger partial charge is 0.478 e. The van der Waals surface area contributed by atoms with Crippen LogP contribution in [0.4, 0.5) is 0 Å². The Balaban J connectivity index is 1.93. The molecule has 0 saturated carbocycles. The number of aliphatic hydroxyl groups excluding tert-OH is 2. The number of hydrogen-bond donors (Lipinski definition) is 6. The fourth-order valence-electron chi connectivity index (χ4n) is 5.43. The number of ether oxygens (including phenoxy) is 3. The lowest BCUT2D eigenvalue weighted by atomic mass is 9.80. The van der Waals surface area contributed by atoms with Crippen LogP contribution in [0.3, 0.4) is 0 Å². The van der Waals surface area contributed by atoms with Gasteiger partial charge in [0.05, 0.1) is 30.3 Å². The lowest BCUT2D eigenvalue weighted by molar-refractivity contribution is -0.327. The molecule has 11 nitrogen and oxygen atoms in total. The summed E-state index contributed by atoms with van der Waals surface area (Å²) in [7, 11) is 1.61. The smallest absolute Gasteiger partial charge is 0.328 e. The summed E-state index contributed by atoms with van der Waals surface area (Å²) in [6, 6.07) is 0. The van der Waals surface area contributed by atoms with E-state index in [0.717, 1.165) is 11.6 Å². The van der Waals surface area contributed by atoms with Crippen molar-refractivity contribution in [3.63, 3.8) is 0 Å². The van der Waals surface area contributed by atoms with Crippen molar-refractivity contribution in [3.05, 3.63) is 84.6 Å². The van der Waals surface area contributed by atoms with Crippen LogP contribution in [0.25, 0.3) is 0 Å². The van der Waals surface area contributed by atoms with E-state index in [-0.39, 0.29) is 31.1 Å². The van der Waals surface area contributed by atoms with E-state index in [1.165, 1.54) is 26.0 Å². The average molecular weight is 646 g/mol. The Kier molecular flexibility index (Phi) is 15.5. The van der Waals surface area contributed by atoms with Gasteiger partial charge in [0, 0.05) is 38.5 Å². The zero-order valence-corrected chi connectivity index (χ0v) is 27.5. The first-order chi connectivity index (χ1) is 21.7. The van der Waals surface area contributed by atoms with Gasteiger partial charge in [0.25, 0.3) is 0 Å². The maximum Gasteiger partial charge on any atom is 0.328 e. The molecule has 0 spiro atoms. The van der Waals surface area contributed by atoms with Crippen LogP contribution >= 0.6 is 0 Å². The summed E-state index contributed by atoms with van der Waals surface area (Å²) in [4.78, 5) is 23.4. The Labute approximate surface area is 271 Å². The molecule has 46 heavy (non-hydrogen) atoms. The first kappa shape index (κ1) is 39.0. The van der Waals surface area contributed by atoms with E-state index >= 15 is 0 Å². The Morgan fingerprint density at radius 3 is 2.37 bits per heavy atom. The van der Waals surface area contributed by atoms with Crippen LogP contribution in [0.5, 0.6) is 0 Å². The molecule has 0 aromatic carbocycles. The van der Waals surface area contributed by atoms with Crippen LogP contribution in [0.1, 0.15) is 47.5 Å². The lowest BCUT2D eigenvalue weighted by Gasteiger charge is -2.48. The van der Waals surface area contributed by atoms with Gasteiger partial charge in [0.15, 0.2) is 5.79 Å². The minimum absolute atomic E-state index is 0.0821. The molecule has 10 unspecified atom stereocenters. The zero-order chi connectivity index (χ0) is 34.5. The molecule has 0 bridgehead atoms. The molecular formula is C35H51NO10. The third-order valence-corrected chi connectivity index (χ3v) is 8.44. The highest BCUT2D eigenvalue weighted by molar-refractivity contribution is 5.80. The van der Waals surface area contributed by atoms with Crippen molar-refractivity contribution >= 4 is 11.9 Å². The molecule has 256 valence electrons. The number of carbonyl (C=O) groups excluding carboxylic acids is 1. The van der Waals surface area contributed by atoms with Gasteiger partial charge in [-0.15, -0.1) is 0 Å². The van der Waals surface area contributed by atoms with Crippen molar-refractivity contribution in [2.75, 3.05) is 13.7 Å². The summed E-state index contributed by atoms with van der Waals surface area (Å²) < 4.78 is 17.6. The Hall–Kier alpha value is -3.16. The van der Waals surface area contributed by atoms with Gasteiger partial charge in [-0.25, -0.2) is 4.79 Å². The minimum atomic E-state index is -1.99. The van der Waals surface area contributed by atoms with Gasteiger partial charge >= 0.3 is 5.97 Å². The van der Waals surface area contributed by atoms with E-state index in [9.17, 15) is 30.0 Å². The number of carboxylic acid groups (broad SMARTS) is 1. The number of aliphatic carboxylic acids is 1. The zero-order valence-electron chi connectivity index (χ0n) is 27.5. The summed E-state index contributed by atoms with van der Waals surface area (Å²) in [6.45, 7) is 8.84. The van der Waals surface area contributed by atoms with Gasteiger partial charge < -0.3 is 45.1 Å². The molecule has 11 heteroatoms. The molecule has 2 heterocycles. The molecule has 2 aliphatic heterocycles. The van der Waals surface area contributed by atoms with Crippen LogP contribution in [-0.4, -0.2) is 99.1 Å². The van der Waals surface area contributed by atoms with E-state index in [4.69, 9.17) is 19.3 Å². The highest BCUT2D eigenvalue weighted by Gasteiger charge is 2.54. The van der Waals surface area contributed by atoms with Gasteiger partial charge in [-0.2, -0.15) is 0 Å². The number of rotatable bonds is 15. The molecule has 0 radical (unpaired) electrons. The average Bonchev–Trinajstić information content (AvgIpc) is 3.37. The molecule has 0 aliphatic carbocycles. The Morgan fingerprint density at radius 1 is 1.04 bits per heavy atom. The molecule has 2 aliphatic rings. The second-order valence-electron chi connectivity index (χ2n) is 12.0. The predicted molar refractivity (Wildman–Crippen MR) is 174 cm³/mol. The highest BCUT2D eigenvalue weighted by atomic mass is 16.6. The van der Waals surface area contributed by atoms with Crippen molar-refractivity contribution < 1.29 is 49.3 Å². The van der Waals surface area contributed by atoms with Gasteiger partial charge in [-0.1, -0.05) is 79.8 Å². The fourth-order valence-corrected chi connectivity index (χ4v) is 5.43. The van der Waals surface area contributed by atoms with Crippen molar-refractivity contribution in [2.45, 2.75) is 95.5 Å². The Morgan fingerprint density at radius 2 is 1.72 bits per heavy atom. The number of carbonyl (C=O) groups is 2. The topological polar surface area (TPSA) is 175 Å². The van der Waals surface area contributed by atoms with Crippen molar-refractivity contribution in [1.82, 2.24) is 5.32 Å². The predicted octanol–water partition coefficient (Wildman–Crippen LogP) is 2.89. The molecule has 2 fully saturated rings. The van der Waals surface area contributed by atoms with E-state index in [0.29, 0.717) is 6.42 Å². The van der Waals surface area contributed by atoms with Crippen LogP contribution in [-0.2, 0) is 23.8 Å². The molecule has 1 amide bonds. The number of methoxy groups -OCH3 is 1. The van der Waals surface area contributed by atoms with Crippen LogP contribution in [0, 0.1) is 11.8 Å². The standard InChI is InChI=1S/C35H51NO10/c1-7-8-11-18-30-34(5,42)29(38)22-35(43,46-30)25(4)33(41)36-20-15-14-16-23(2)32(44-6)24(3)28-21-26(37)27(45-28)17-12-9-10-13-19-31(39)40/h7-19,24-30,32,37-38,42-43H,20-22H2,1-6H3,(H,36,41)(H,39,40). The molecule has 2 saturated heterocycles. The number of hydrogen-bond acceptors (Lipinski definition) is 9. The van der Waals surface area contributed by atoms with Gasteiger partial charge in [0.2, 0.25) is 5.91 Å². The molecule has 10 atom stereocenters. The van der Waals surface area contributed by atoms with Gasteiger partial charge in [-0.05, 0) is 33.3 Å². The normalized spacial score (nSPS) is 33.3. The SMILES string of the molecule is CC=CC=CC1OC(O)(C(C)C(=O)NCC=CC=C(C)C(OC)C(C)C2CC(O)C(C=CC=CC=CC(=O)O)O2)CC(O)C1(C)O. The van der Waals surface area contributed by atoms with E-state index < -0.39 is 53.6 Å². The van der Waals surface area contributed by atoms with E-state index in [2.05, 4.69) is 5.32 Å². The van der Waals surface area contributed by atoms with Crippen LogP contribution in [0.15, 0.2) is 84.6 Å². The number of allylic oxidation sites excluding steroid dienone is 9. The molecule has 0 aromatic heterocycles. The van der Waals surface area contributed by atoms with Gasteiger partial charge in [0.1, 0.15) is 17.8 Å². The van der Waals surface area contributed by atoms with Crippen molar-refractivity contribution in [3.8, 4) is 0 Å². The third kappa shape index (κ3) is 11.0. The van der Waals surface area contributed by atoms with Crippen LogP contribution < -0.4 is 5.32 Å². The quantitative estimate of drug-likeness (QED) is 0.115. The number of nitrogens with one attached hydrogen (secondary N) is 1. The second kappa shape index (κ2) is 18.2. The molecule has 2 rings (SSSR count). The first-order valence-electron chi connectivity index (χ1n) is 15.5. The third-order valence-electron chi connectivity index (χ3n) is 8.44. The summed E-state index contributed by atoms with van der Waals surface area (Å²) >= 11 is 0. The summed E-state index contributed by atoms with van der Waals surface area (Å²) in [5.41, 5.74) is -0.728. The highest BCUT2D eigenvalue weighted by Crippen LogP contribution is 2.39.